The second-order valence-electron chi connectivity index (χ2n) is 9.90. The van der Waals surface area contributed by atoms with E-state index in [0.717, 1.165) is 43.8 Å². The van der Waals surface area contributed by atoms with Crippen molar-refractivity contribution in [1.29, 1.82) is 0 Å². The zero-order valence-electron chi connectivity index (χ0n) is 22.5. The quantitative estimate of drug-likeness (QED) is 0.187. The predicted molar refractivity (Wildman–Crippen MR) is 162 cm³/mol. The maximum Gasteiger partial charge on any atom is 0.335 e. The highest BCUT2D eigenvalue weighted by molar-refractivity contribution is 6.09. The van der Waals surface area contributed by atoms with E-state index in [-0.39, 0.29) is 24.3 Å². The first-order chi connectivity index (χ1) is 20.5. The summed E-state index contributed by atoms with van der Waals surface area (Å²) in [6, 6.07) is 37.5. The molecule has 0 spiro atoms. The summed E-state index contributed by atoms with van der Waals surface area (Å²) in [5.74, 6) is -0.604. The highest BCUT2D eigenvalue weighted by Gasteiger charge is 2.19. The molecule has 0 aliphatic carbocycles. The number of hydrogen-bond acceptors (Lipinski definition) is 4. The smallest absolute Gasteiger partial charge is 0.335 e. The Hall–Kier alpha value is -5.62. The van der Waals surface area contributed by atoms with Gasteiger partial charge in [-0.2, -0.15) is 0 Å². The molecule has 0 unspecified atom stereocenters. The van der Waals surface area contributed by atoms with Crippen LogP contribution in [0.1, 0.15) is 31.8 Å². The topological polar surface area (TPSA) is 93.1 Å². The van der Waals surface area contributed by atoms with Crippen LogP contribution in [0.25, 0.3) is 32.7 Å². The van der Waals surface area contributed by atoms with Crippen molar-refractivity contribution in [3.05, 3.63) is 144 Å². The molecule has 0 aliphatic rings. The van der Waals surface area contributed by atoms with E-state index in [1.54, 1.807) is 48.5 Å². The molecule has 0 saturated carbocycles. The lowest BCUT2D eigenvalue weighted by Gasteiger charge is -2.20. The van der Waals surface area contributed by atoms with Gasteiger partial charge >= 0.3 is 11.9 Å². The minimum atomic E-state index is -0.972. The molecule has 0 aliphatic heterocycles. The fourth-order valence-corrected chi connectivity index (χ4v) is 5.07. The summed E-state index contributed by atoms with van der Waals surface area (Å²) in [4.78, 5) is 22.6. The van der Waals surface area contributed by atoms with Crippen molar-refractivity contribution in [2.45, 2.75) is 13.2 Å². The second-order valence-corrected chi connectivity index (χ2v) is 9.90. The Kier molecular flexibility index (Phi) is 7.26. The van der Waals surface area contributed by atoms with E-state index < -0.39 is 11.9 Å². The summed E-state index contributed by atoms with van der Waals surface area (Å²) >= 11 is 0. The molecule has 0 fully saturated rings. The molecule has 42 heavy (non-hydrogen) atoms. The van der Waals surface area contributed by atoms with Crippen LogP contribution in [0.2, 0.25) is 0 Å². The fourth-order valence-electron chi connectivity index (χ4n) is 5.07. The third-order valence-corrected chi connectivity index (χ3v) is 7.22. The number of benzene rings is 6. The average molecular weight is 555 g/mol. The number of ether oxygens (including phenoxy) is 2. The van der Waals surface area contributed by atoms with Gasteiger partial charge in [0.1, 0.15) is 24.7 Å². The monoisotopic (exact) mass is 554 g/mol. The van der Waals surface area contributed by atoms with E-state index in [9.17, 15) is 19.8 Å². The van der Waals surface area contributed by atoms with Crippen molar-refractivity contribution in [2.24, 2.45) is 0 Å². The zero-order valence-corrected chi connectivity index (χ0v) is 22.5. The van der Waals surface area contributed by atoms with E-state index in [2.05, 4.69) is 24.3 Å². The maximum absolute atomic E-state index is 11.3. The third kappa shape index (κ3) is 5.38. The van der Waals surface area contributed by atoms with Gasteiger partial charge in [-0.1, -0.05) is 84.9 Å². The highest BCUT2D eigenvalue weighted by atomic mass is 16.5. The lowest BCUT2D eigenvalue weighted by atomic mass is 9.92. The Bertz CT molecular complexity index is 1780. The second kappa shape index (κ2) is 11.5. The highest BCUT2D eigenvalue weighted by Crippen LogP contribution is 2.45. The number of carbonyl (C=O) groups is 2. The number of rotatable bonds is 9. The minimum Gasteiger partial charge on any atom is -0.488 e. The lowest BCUT2D eigenvalue weighted by Crippen LogP contribution is -2.02. The van der Waals surface area contributed by atoms with E-state index >= 15 is 0 Å². The molecule has 2 N–H and O–H groups in total. The summed E-state index contributed by atoms with van der Waals surface area (Å²) in [7, 11) is 0. The van der Waals surface area contributed by atoms with Gasteiger partial charge in [-0.15, -0.1) is 0 Å². The molecule has 0 heterocycles. The van der Waals surface area contributed by atoms with E-state index in [1.807, 2.05) is 48.5 Å². The van der Waals surface area contributed by atoms with Gasteiger partial charge in [0.25, 0.3) is 0 Å². The van der Waals surface area contributed by atoms with Crippen molar-refractivity contribution in [2.75, 3.05) is 0 Å². The first-order valence-corrected chi connectivity index (χ1v) is 13.4. The van der Waals surface area contributed by atoms with Crippen molar-refractivity contribution in [1.82, 2.24) is 0 Å². The van der Waals surface area contributed by atoms with Crippen molar-refractivity contribution in [3.8, 4) is 22.6 Å². The molecule has 0 bridgehead atoms. The van der Waals surface area contributed by atoms with Gasteiger partial charge in [0.2, 0.25) is 0 Å². The van der Waals surface area contributed by atoms with Gasteiger partial charge in [-0.25, -0.2) is 9.59 Å². The molecule has 0 atom stereocenters. The predicted octanol–water partition coefficient (Wildman–Crippen LogP) is 8.21. The van der Waals surface area contributed by atoms with Gasteiger partial charge in [-0.05, 0) is 69.1 Å². The van der Waals surface area contributed by atoms with E-state index in [1.165, 1.54) is 0 Å². The zero-order chi connectivity index (χ0) is 29.1. The van der Waals surface area contributed by atoms with Crippen LogP contribution in [0.5, 0.6) is 11.5 Å². The number of hydrogen-bond donors (Lipinski definition) is 2. The molecule has 206 valence electrons. The maximum atomic E-state index is 11.3. The summed E-state index contributed by atoms with van der Waals surface area (Å²) in [6.07, 6.45) is 0. The molecular weight excluding hydrogens is 528 g/mol. The molecule has 0 saturated heterocycles. The Labute approximate surface area is 242 Å². The van der Waals surface area contributed by atoms with Crippen LogP contribution < -0.4 is 9.47 Å². The normalized spacial score (nSPS) is 11.0. The first-order valence-electron chi connectivity index (χ1n) is 13.4. The Morgan fingerprint density at radius 2 is 0.857 bits per heavy atom. The van der Waals surface area contributed by atoms with Crippen molar-refractivity contribution < 1.29 is 29.3 Å². The largest absolute Gasteiger partial charge is 0.488 e. The van der Waals surface area contributed by atoms with Gasteiger partial charge in [0.05, 0.1) is 11.1 Å². The number of carboxylic acids is 2. The summed E-state index contributed by atoms with van der Waals surface area (Å²) in [6.45, 7) is 0.504. The number of carboxylic acid groups (broad SMARTS) is 2. The third-order valence-electron chi connectivity index (χ3n) is 7.22. The minimum absolute atomic E-state index is 0.222. The molecule has 6 rings (SSSR count). The number of fused-ring (bicyclic) bond motifs is 2. The van der Waals surface area contributed by atoms with Crippen molar-refractivity contribution >= 4 is 33.5 Å². The van der Waals surface area contributed by atoms with E-state index in [0.29, 0.717) is 11.5 Å². The number of aromatic carboxylic acids is 2. The lowest BCUT2D eigenvalue weighted by molar-refractivity contribution is 0.0686. The summed E-state index contributed by atoms with van der Waals surface area (Å²) < 4.78 is 12.9. The SMILES string of the molecule is O=C(O)c1ccc(COc2ccc3ccccc3c2-c2c(OCc3ccc(C(=O)O)cc3)ccc3ccccc23)cc1. The van der Waals surface area contributed by atoms with Crippen LogP contribution in [0, 0.1) is 0 Å². The molecule has 0 radical (unpaired) electrons. The fraction of sp³-hybridized carbons (Fsp3) is 0.0556. The Morgan fingerprint density at radius 1 is 0.476 bits per heavy atom. The van der Waals surface area contributed by atoms with Crippen LogP contribution in [0.4, 0.5) is 0 Å². The van der Waals surface area contributed by atoms with Gasteiger partial charge in [-0.3, -0.25) is 0 Å². The summed E-state index contributed by atoms with van der Waals surface area (Å²) in [5.41, 5.74) is 3.92. The standard InChI is InChI=1S/C36H26O6/c37-35(38)27-13-9-23(10-14-27)21-41-31-19-17-25-5-1-3-7-29(25)33(31)34-30-8-4-2-6-26(30)18-20-32(34)42-22-24-11-15-28(16-12-24)36(39)40/h1-20H,21-22H2,(H,37,38)(H,39,40). The molecular formula is C36H26O6. The van der Waals surface area contributed by atoms with Gasteiger partial charge < -0.3 is 19.7 Å². The van der Waals surface area contributed by atoms with Gasteiger partial charge in [0.15, 0.2) is 0 Å². The average Bonchev–Trinajstić information content (AvgIpc) is 3.02. The van der Waals surface area contributed by atoms with Crippen LogP contribution in [-0.4, -0.2) is 22.2 Å². The Morgan fingerprint density at radius 3 is 1.24 bits per heavy atom. The molecule has 6 nitrogen and oxygen atoms in total. The first kappa shape index (κ1) is 26.6. The van der Waals surface area contributed by atoms with Crippen LogP contribution in [-0.2, 0) is 13.2 Å². The molecule has 0 amide bonds. The van der Waals surface area contributed by atoms with Crippen LogP contribution >= 0.6 is 0 Å². The molecule has 6 heteroatoms. The van der Waals surface area contributed by atoms with Crippen LogP contribution in [0.3, 0.4) is 0 Å². The van der Waals surface area contributed by atoms with Gasteiger partial charge in [0, 0.05) is 11.1 Å². The molecule has 0 aromatic heterocycles. The molecule has 6 aromatic rings. The van der Waals surface area contributed by atoms with Crippen molar-refractivity contribution in [3.63, 3.8) is 0 Å². The van der Waals surface area contributed by atoms with Crippen LogP contribution in [0.15, 0.2) is 121 Å². The molecule has 6 aromatic carbocycles. The van der Waals surface area contributed by atoms with E-state index in [4.69, 9.17) is 9.47 Å². The Balaban J connectivity index is 1.44. The summed E-state index contributed by atoms with van der Waals surface area (Å²) in [5, 5.41) is 22.6.